The summed E-state index contributed by atoms with van der Waals surface area (Å²) in [4.78, 5) is 41.9. The number of ether oxygens (including phenoxy) is 1. The van der Waals surface area contributed by atoms with Crippen molar-refractivity contribution < 1.29 is 27.1 Å². The topological polar surface area (TPSA) is 205 Å². The Morgan fingerprint density at radius 3 is 2.51 bits per heavy atom. The number of likely N-dealkylation sites (tertiary alicyclic amines) is 1. The van der Waals surface area contributed by atoms with Crippen molar-refractivity contribution in [2.45, 2.75) is 120 Å². The molecular formula is C51H63N9O7S2. The number of rotatable bonds is 14. The molecule has 1 atom stereocenters. The maximum Gasteiger partial charge on any atom is 0.312 e. The van der Waals surface area contributed by atoms with Gasteiger partial charge in [-0.2, -0.15) is 0 Å². The average Bonchev–Trinajstić information content (AvgIpc) is 4.03. The third-order valence-electron chi connectivity index (χ3n) is 15.6. The lowest BCUT2D eigenvalue weighted by molar-refractivity contribution is -0.384. The Balaban J connectivity index is 0.807. The lowest BCUT2D eigenvalue weighted by Gasteiger charge is -2.56. The normalized spacial score (nSPS) is 22.8. The van der Waals surface area contributed by atoms with Crippen LogP contribution in [0.5, 0.6) is 11.5 Å². The van der Waals surface area contributed by atoms with Crippen molar-refractivity contribution in [3.63, 3.8) is 0 Å². The van der Waals surface area contributed by atoms with Crippen molar-refractivity contribution in [3.05, 3.63) is 106 Å². The molecule has 18 heteroatoms. The Labute approximate surface area is 404 Å². The van der Waals surface area contributed by atoms with E-state index in [-0.39, 0.29) is 29.1 Å². The summed E-state index contributed by atoms with van der Waals surface area (Å²) in [5.74, 6) is 1.03. The second-order valence-corrected chi connectivity index (χ2v) is 24.3. The SMILES string of the molecule is CCc1ccccc1[C@H]1CCCN1C1CC2(CCN(c3ccc(C(=O)NS(=O)(=O)c4cnc(NCC5CCC(N=S6(=O)CCCCC6)CC5)c([N+](=O)[O-])c4)c(Oc4cnc5[nH]ccc5c4)c3)CC2)C1. The third-order valence-corrected chi connectivity index (χ3v) is 19.4. The number of carbonyl (C=O) groups is 1. The molecule has 10 rings (SSSR count). The molecule has 0 bridgehead atoms. The predicted octanol–water partition coefficient (Wildman–Crippen LogP) is 9.55. The highest BCUT2D eigenvalue weighted by Crippen LogP contribution is 2.54. The van der Waals surface area contributed by atoms with Crippen LogP contribution in [0.2, 0.25) is 0 Å². The standard InChI is InChI=1S/C51H63N9O7S2/c1-2-36-9-4-5-10-43(36)45-11-8-22-59(45)40-30-51(31-40)19-23-58(24-20-51)39-16-17-44(47(28-39)67-41-27-37-18-21-52-48(37)54-33-41)50(61)57-69(65,66)42-29-46(60(62)63)49(55-34-42)53-32-35-12-14-38(15-13-35)56-68(64)25-6-3-7-26-68/h4-5,9-10,16-18,21,27-29,33-35,38,40,45H,2-3,6-8,11-15,19-20,22-26,30-32H2,1H3,(H,52,54)(H,53,55)(H,57,61)/t35?,38?,45-/m1/s1. The van der Waals surface area contributed by atoms with Crippen LogP contribution in [0.15, 0.2) is 88.5 Å². The minimum absolute atomic E-state index is 0.0366. The summed E-state index contributed by atoms with van der Waals surface area (Å²) in [5.41, 5.74) is 4.21. The number of pyridine rings is 2. The maximum absolute atomic E-state index is 14.0. The number of hydrogen-bond acceptors (Lipinski definition) is 13. The van der Waals surface area contributed by atoms with Gasteiger partial charge >= 0.3 is 5.69 Å². The van der Waals surface area contributed by atoms with E-state index in [4.69, 9.17) is 9.10 Å². The minimum Gasteiger partial charge on any atom is -0.455 e. The smallest absolute Gasteiger partial charge is 0.312 e. The van der Waals surface area contributed by atoms with Gasteiger partial charge in [0, 0.05) is 82.4 Å². The first-order valence-electron chi connectivity index (χ1n) is 24.9. The van der Waals surface area contributed by atoms with Crippen molar-refractivity contribution in [2.24, 2.45) is 15.7 Å². The van der Waals surface area contributed by atoms with Gasteiger partial charge < -0.3 is 19.9 Å². The number of hydrogen-bond donors (Lipinski definition) is 3. The van der Waals surface area contributed by atoms with Crippen LogP contribution in [0.4, 0.5) is 17.2 Å². The molecule has 69 heavy (non-hydrogen) atoms. The maximum atomic E-state index is 14.0. The van der Waals surface area contributed by atoms with E-state index in [0.29, 0.717) is 46.9 Å². The van der Waals surface area contributed by atoms with E-state index in [2.05, 4.69) is 66.0 Å². The number of nitro groups is 1. The second-order valence-electron chi connectivity index (χ2n) is 20.0. The van der Waals surface area contributed by atoms with Crippen LogP contribution in [-0.4, -0.2) is 93.1 Å². The fourth-order valence-electron chi connectivity index (χ4n) is 11.7. The van der Waals surface area contributed by atoms with Crippen LogP contribution in [0, 0.1) is 21.4 Å². The van der Waals surface area contributed by atoms with E-state index in [1.54, 1.807) is 24.4 Å². The summed E-state index contributed by atoms with van der Waals surface area (Å²) in [5, 5.41) is 16.1. The van der Waals surface area contributed by atoms with Gasteiger partial charge in [0.15, 0.2) is 0 Å². The molecule has 3 aromatic heterocycles. The lowest BCUT2D eigenvalue weighted by atomic mass is 9.59. The number of nitrogens with zero attached hydrogens (tertiary/aromatic N) is 6. The van der Waals surface area contributed by atoms with Crippen molar-refractivity contribution in [1.29, 1.82) is 0 Å². The van der Waals surface area contributed by atoms with Gasteiger partial charge in [-0.1, -0.05) is 37.6 Å². The van der Waals surface area contributed by atoms with Crippen LogP contribution in [-0.2, 0) is 26.2 Å². The lowest BCUT2D eigenvalue weighted by Crippen LogP contribution is -2.54. The largest absolute Gasteiger partial charge is 0.455 e. The molecule has 2 aromatic carbocycles. The fourth-order valence-corrected chi connectivity index (χ4v) is 15.2. The zero-order valence-corrected chi connectivity index (χ0v) is 40.9. The average molecular weight is 978 g/mol. The molecule has 3 N–H and O–H groups in total. The molecule has 5 aliphatic rings. The summed E-state index contributed by atoms with van der Waals surface area (Å²) >= 11 is 0. The Morgan fingerprint density at radius 1 is 0.957 bits per heavy atom. The molecule has 1 amide bonds. The Bertz CT molecular complexity index is 2940. The highest BCUT2D eigenvalue weighted by Gasteiger charge is 2.50. The van der Waals surface area contributed by atoms with E-state index in [9.17, 15) is 27.5 Å². The van der Waals surface area contributed by atoms with Gasteiger partial charge in [-0.05, 0) is 137 Å². The molecule has 2 aliphatic carbocycles. The number of nitrogens with one attached hydrogen (secondary N) is 3. The van der Waals surface area contributed by atoms with Crippen molar-refractivity contribution >= 4 is 53.9 Å². The van der Waals surface area contributed by atoms with Crippen LogP contribution >= 0.6 is 0 Å². The van der Waals surface area contributed by atoms with Crippen LogP contribution in [0.25, 0.3) is 11.0 Å². The number of aromatic nitrogens is 3. The van der Waals surface area contributed by atoms with Crippen LogP contribution in [0.3, 0.4) is 0 Å². The molecule has 5 fully saturated rings. The first-order valence-corrected chi connectivity index (χ1v) is 28.2. The number of benzene rings is 2. The fraction of sp³-hybridized carbons (Fsp3) is 0.510. The summed E-state index contributed by atoms with van der Waals surface area (Å²) in [6.45, 7) is 5.47. The van der Waals surface area contributed by atoms with Crippen molar-refractivity contribution in [1.82, 2.24) is 24.6 Å². The number of H-pyrrole nitrogens is 1. The monoisotopic (exact) mass is 977 g/mol. The summed E-state index contributed by atoms with van der Waals surface area (Å²) in [6, 6.07) is 19.8. The molecule has 16 nitrogen and oxygen atoms in total. The quantitative estimate of drug-likeness (QED) is 0.0703. The number of aromatic amines is 1. The summed E-state index contributed by atoms with van der Waals surface area (Å²) in [7, 11) is -6.76. The van der Waals surface area contributed by atoms with Gasteiger partial charge in [-0.25, -0.2) is 31.7 Å². The molecule has 5 aromatic rings. The third kappa shape index (κ3) is 10.2. The zero-order chi connectivity index (χ0) is 47.8. The van der Waals surface area contributed by atoms with Crippen molar-refractivity contribution in [2.75, 3.05) is 47.9 Å². The van der Waals surface area contributed by atoms with Crippen LogP contribution in [0.1, 0.15) is 118 Å². The van der Waals surface area contributed by atoms with Gasteiger partial charge in [0.1, 0.15) is 22.0 Å². The predicted molar refractivity (Wildman–Crippen MR) is 268 cm³/mol. The number of anilines is 2. The number of amides is 1. The van der Waals surface area contributed by atoms with Gasteiger partial charge in [0.25, 0.3) is 15.9 Å². The highest BCUT2D eigenvalue weighted by molar-refractivity contribution is 7.93. The molecule has 0 radical (unpaired) electrons. The summed E-state index contributed by atoms with van der Waals surface area (Å²) < 4.78 is 54.0. The van der Waals surface area contributed by atoms with Crippen molar-refractivity contribution in [3.8, 4) is 11.5 Å². The Kier molecular flexibility index (Phi) is 13.4. The van der Waals surface area contributed by atoms with Gasteiger partial charge in [0.05, 0.1) is 28.9 Å². The number of piperidine rings is 1. The van der Waals surface area contributed by atoms with Crippen LogP contribution < -0.4 is 19.7 Å². The van der Waals surface area contributed by atoms with Gasteiger partial charge in [-0.15, -0.1) is 0 Å². The minimum atomic E-state index is -4.64. The molecule has 3 saturated heterocycles. The molecular weight excluding hydrogens is 915 g/mol. The Morgan fingerprint density at radius 2 is 1.74 bits per heavy atom. The first kappa shape index (κ1) is 47.1. The number of carbonyl (C=O) groups excluding carboxylic acids is 1. The second kappa shape index (κ2) is 19.7. The van der Waals surface area contributed by atoms with Gasteiger partial charge in [0.2, 0.25) is 5.82 Å². The molecule has 6 heterocycles. The van der Waals surface area contributed by atoms with E-state index < -0.39 is 41.2 Å². The highest BCUT2D eigenvalue weighted by atomic mass is 32.2. The molecule has 1 spiro atoms. The molecule has 2 saturated carbocycles. The number of sulfonamides is 1. The molecule has 366 valence electrons. The first-order chi connectivity index (χ1) is 33.4. The Hall–Kier alpha value is -5.59. The van der Waals surface area contributed by atoms with Gasteiger partial charge in [-0.3, -0.25) is 19.8 Å². The van der Waals surface area contributed by atoms with E-state index in [1.807, 2.05) is 12.1 Å². The van der Waals surface area contributed by atoms with E-state index in [1.165, 1.54) is 43.0 Å². The zero-order valence-electron chi connectivity index (χ0n) is 39.3. The van der Waals surface area contributed by atoms with E-state index >= 15 is 0 Å². The molecule has 0 unspecified atom stereocenters. The summed E-state index contributed by atoms with van der Waals surface area (Å²) in [6.07, 6.45) is 18.6. The molecule has 3 aliphatic heterocycles. The number of aryl methyl sites for hydroxylation is 1. The number of fused-ring (bicyclic) bond motifs is 1. The van der Waals surface area contributed by atoms with E-state index in [0.717, 1.165) is 107 Å².